The van der Waals surface area contributed by atoms with Crippen LogP contribution in [-0.2, 0) is 14.3 Å². The Morgan fingerprint density at radius 1 is 1.23 bits per heavy atom. The van der Waals surface area contributed by atoms with E-state index in [4.69, 9.17) is 21.1 Å². The van der Waals surface area contributed by atoms with E-state index in [1.807, 2.05) is 12.1 Å². The van der Waals surface area contributed by atoms with Gasteiger partial charge in [0.15, 0.2) is 5.41 Å². The number of rotatable bonds is 6. The SMILES string of the molecule is CCOC(=O)C1(C(=O)Nc2cccc(OC)c2)CC1c1ccc(Cl)cc1. The topological polar surface area (TPSA) is 64.6 Å². The summed E-state index contributed by atoms with van der Waals surface area (Å²) >= 11 is 5.94. The van der Waals surface area contributed by atoms with Crippen LogP contribution in [-0.4, -0.2) is 25.6 Å². The standard InChI is InChI=1S/C20H20ClNO4/c1-3-26-19(24)20(12-17(20)13-7-9-14(21)10-8-13)18(23)22-15-5-4-6-16(11-15)25-2/h4-11,17H,3,12H2,1-2H3,(H,22,23). The van der Waals surface area contributed by atoms with Crippen LogP contribution in [0, 0.1) is 5.41 Å². The van der Waals surface area contributed by atoms with E-state index in [-0.39, 0.29) is 18.4 Å². The average molecular weight is 374 g/mol. The van der Waals surface area contributed by atoms with Gasteiger partial charge in [-0.05, 0) is 43.2 Å². The fraction of sp³-hybridized carbons (Fsp3) is 0.300. The maximum atomic E-state index is 13.0. The third kappa shape index (κ3) is 3.40. The van der Waals surface area contributed by atoms with Gasteiger partial charge in [-0.2, -0.15) is 0 Å². The van der Waals surface area contributed by atoms with Gasteiger partial charge in [-0.3, -0.25) is 9.59 Å². The maximum Gasteiger partial charge on any atom is 0.322 e. The second-order valence-electron chi connectivity index (χ2n) is 6.19. The number of methoxy groups -OCH3 is 1. The number of ether oxygens (including phenoxy) is 2. The number of hydrogen-bond donors (Lipinski definition) is 1. The van der Waals surface area contributed by atoms with Crippen molar-refractivity contribution in [3.63, 3.8) is 0 Å². The van der Waals surface area contributed by atoms with Crippen LogP contribution >= 0.6 is 11.6 Å². The van der Waals surface area contributed by atoms with Gasteiger partial charge in [0.05, 0.1) is 13.7 Å². The number of benzene rings is 2. The molecule has 1 N–H and O–H groups in total. The van der Waals surface area contributed by atoms with Gasteiger partial charge in [0.25, 0.3) is 0 Å². The average Bonchev–Trinajstić information content (AvgIpc) is 3.40. The van der Waals surface area contributed by atoms with E-state index in [0.717, 1.165) is 5.56 Å². The van der Waals surface area contributed by atoms with E-state index in [2.05, 4.69) is 5.32 Å². The summed E-state index contributed by atoms with van der Waals surface area (Å²) in [6.07, 6.45) is 0.406. The minimum Gasteiger partial charge on any atom is -0.497 e. The van der Waals surface area contributed by atoms with Crippen molar-refractivity contribution in [3.05, 3.63) is 59.1 Å². The first-order valence-electron chi connectivity index (χ1n) is 8.39. The van der Waals surface area contributed by atoms with E-state index >= 15 is 0 Å². The molecule has 2 atom stereocenters. The molecular weight excluding hydrogens is 354 g/mol. The number of amides is 1. The summed E-state index contributed by atoms with van der Waals surface area (Å²) < 4.78 is 10.4. The summed E-state index contributed by atoms with van der Waals surface area (Å²) in [4.78, 5) is 25.6. The van der Waals surface area contributed by atoms with Crippen molar-refractivity contribution >= 4 is 29.2 Å². The van der Waals surface area contributed by atoms with Crippen LogP contribution < -0.4 is 10.1 Å². The van der Waals surface area contributed by atoms with Gasteiger partial charge in [0.1, 0.15) is 5.75 Å². The van der Waals surface area contributed by atoms with Crippen molar-refractivity contribution in [2.24, 2.45) is 5.41 Å². The number of nitrogens with one attached hydrogen (secondary N) is 1. The fourth-order valence-corrected chi connectivity index (χ4v) is 3.26. The van der Waals surface area contributed by atoms with Crippen LogP contribution in [0.5, 0.6) is 5.75 Å². The fourth-order valence-electron chi connectivity index (χ4n) is 3.13. The van der Waals surface area contributed by atoms with Gasteiger partial charge >= 0.3 is 5.97 Å². The highest BCUT2D eigenvalue weighted by Gasteiger charge is 2.67. The zero-order valence-corrected chi connectivity index (χ0v) is 15.4. The number of carbonyl (C=O) groups is 2. The molecule has 0 saturated heterocycles. The molecule has 0 aliphatic heterocycles. The van der Waals surface area contributed by atoms with Gasteiger partial charge in [0.2, 0.25) is 5.91 Å². The summed E-state index contributed by atoms with van der Waals surface area (Å²) in [5.41, 5.74) is 0.246. The molecular formula is C20H20ClNO4. The summed E-state index contributed by atoms with van der Waals surface area (Å²) in [6.45, 7) is 1.95. The Hall–Kier alpha value is -2.53. The first-order chi connectivity index (χ1) is 12.5. The van der Waals surface area contributed by atoms with Gasteiger partial charge in [-0.15, -0.1) is 0 Å². The summed E-state index contributed by atoms with van der Waals surface area (Å²) in [6, 6.07) is 14.2. The van der Waals surface area contributed by atoms with E-state index < -0.39 is 11.4 Å². The van der Waals surface area contributed by atoms with Gasteiger partial charge in [-0.1, -0.05) is 29.8 Å². The number of carbonyl (C=O) groups excluding carboxylic acids is 2. The summed E-state index contributed by atoms with van der Waals surface area (Å²) in [5.74, 6) is -0.480. The van der Waals surface area contributed by atoms with Crippen LogP contribution in [0.25, 0.3) is 0 Å². The Kier molecular flexibility index (Phi) is 5.18. The van der Waals surface area contributed by atoms with Crippen LogP contribution in [0.15, 0.2) is 48.5 Å². The molecule has 5 nitrogen and oxygen atoms in total. The molecule has 2 aromatic carbocycles. The Morgan fingerprint density at radius 3 is 2.62 bits per heavy atom. The van der Waals surface area contributed by atoms with E-state index in [1.165, 1.54) is 0 Å². The minimum atomic E-state index is -1.22. The van der Waals surface area contributed by atoms with Crippen LogP contribution in [0.3, 0.4) is 0 Å². The summed E-state index contributed by atoms with van der Waals surface area (Å²) in [7, 11) is 1.55. The Labute approximate surface area is 157 Å². The largest absolute Gasteiger partial charge is 0.497 e. The number of anilines is 1. The molecule has 0 radical (unpaired) electrons. The highest BCUT2D eigenvalue weighted by molar-refractivity contribution is 6.30. The number of hydrogen-bond acceptors (Lipinski definition) is 4. The predicted molar refractivity (Wildman–Crippen MR) is 99.5 cm³/mol. The quantitative estimate of drug-likeness (QED) is 0.613. The Morgan fingerprint density at radius 2 is 1.96 bits per heavy atom. The van der Waals surface area contributed by atoms with Crippen LogP contribution in [0.1, 0.15) is 24.8 Å². The van der Waals surface area contributed by atoms with Crippen molar-refractivity contribution in [2.45, 2.75) is 19.3 Å². The minimum absolute atomic E-state index is 0.223. The van der Waals surface area contributed by atoms with Crippen molar-refractivity contribution in [3.8, 4) is 5.75 Å². The lowest BCUT2D eigenvalue weighted by atomic mass is 9.97. The zero-order valence-electron chi connectivity index (χ0n) is 14.6. The van der Waals surface area contributed by atoms with Gasteiger partial charge < -0.3 is 14.8 Å². The highest BCUT2D eigenvalue weighted by Crippen LogP contribution is 2.60. The van der Waals surface area contributed by atoms with E-state index in [9.17, 15) is 9.59 Å². The number of esters is 1. The molecule has 136 valence electrons. The molecule has 2 unspecified atom stereocenters. The molecule has 0 spiro atoms. The predicted octanol–water partition coefficient (Wildman–Crippen LogP) is 4.02. The second-order valence-corrected chi connectivity index (χ2v) is 6.62. The van der Waals surface area contributed by atoms with E-state index in [0.29, 0.717) is 22.9 Å². The molecule has 6 heteroatoms. The molecule has 3 rings (SSSR count). The molecule has 1 amide bonds. The maximum absolute atomic E-state index is 13.0. The van der Waals surface area contributed by atoms with E-state index in [1.54, 1.807) is 50.4 Å². The zero-order chi connectivity index (χ0) is 18.7. The lowest BCUT2D eigenvalue weighted by Crippen LogP contribution is -2.34. The second kappa shape index (κ2) is 7.38. The van der Waals surface area contributed by atoms with Crippen molar-refractivity contribution < 1.29 is 19.1 Å². The third-order valence-electron chi connectivity index (χ3n) is 4.61. The van der Waals surface area contributed by atoms with Gasteiger partial charge in [-0.25, -0.2) is 0 Å². The molecule has 26 heavy (non-hydrogen) atoms. The molecule has 1 saturated carbocycles. The molecule has 1 aliphatic rings. The van der Waals surface area contributed by atoms with Crippen molar-refractivity contribution in [1.29, 1.82) is 0 Å². The summed E-state index contributed by atoms with van der Waals surface area (Å²) in [5, 5.41) is 3.43. The molecule has 0 heterocycles. The van der Waals surface area contributed by atoms with Crippen LogP contribution in [0.2, 0.25) is 5.02 Å². The molecule has 0 aromatic heterocycles. The molecule has 0 bridgehead atoms. The van der Waals surface area contributed by atoms with Crippen LogP contribution in [0.4, 0.5) is 5.69 Å². The lowest BCUT2D eigenvalue weighted by molar-refractivity contribution is -0.153. The highest BCUT2D eigenvalue weighted by atomic mass is 35.5. The van der Waals surface area contributed by atoms with Gasteiger partial charge in [0, 0.05) is 22.7 Å². The smallest absolute Gasteiger partial charge is 0.322 e. The molecule has 1 fully saturated rings. The normalized spacial score (nSPS) is 21.0. The monoisotopic (exact) mass is 373 g/mol. The van der Waals surface area contributed by atoms with Crippen molar-refractivity contribution in [1.82, 2.24) is 0 Å². The molecule has 2 aromatic rings. The Balaban J connectivity index is 1.86. The Bertz CT molecular complexity index is 821. The van der Waals surface area contributed by atoms with Crippen molar-refractivity contribution in [2.75, 3.05) is 19.0 Å². The third-order valence-corrected chi connectivity index (χ3v) is 4.86. The number of halogens is 1. The first-order valence-corrected chi connectivity index (χ1v) is 8.77. The molecule has 1 aliphatic carbocycles. The lowest BCUT2D eigenvalue weighted by Gasteiger charge is -2.16. The first kappa shape index (κ1) is 18.3.